The summed E-state index contributed by atoms with van der Waals surface area (Å²) < 4.78 is 6.47. The Balaban J connectivity index is 1.57. The first-order valence-corrected chi connectivity index (χ1v) is 15.7. The standard InChI is InChI=1S/C31H41N5O5S/c1-6-9-15-41-30(40)25-24-16-20(5)31(42-24)26(25)28(38)36(23(17-37)19(4)8-3)27(31)29(39)34(14-7-2)18-35-22-13-11-10-12-21(22)32-33-35/h6-7,10-13,19-20,23-27,37H,1-2,8-9,14-18H2,3-5H3/t19-,20?,23-,24-,25+,26-,27?,31?/m0/s1. The molecule has 8 atom stereocenters. The number of carbonyl (C=O) groups is 3. The molecule has 1 N–H and O–H groups in total. The summed E-state index contributed by atoms with van der Waals surface area (Å²) in [5.74, 6) is -2.31. The lowest BCUT2D eigenvalue weighted by Crippen LogP contribution is -2.60. The molecule has 3 fully saturated rings. The fraction of sp³-hybridized carbons (Fsp3) is 0.581. The molecule has 0 radical (unpaired) electrons. The van der Waals surface area contributed by atoms with Gasteiger partial charge < -0.3 is 19.6 Å². The van der Waals surface area contributed by atoms with Crippen molar-refractivity contribution in [2.75, 3.05) is 19.8 Å². The van der Waals surface area contributed by atoms with Crippen LogP contribution < -0.4 is 0 Å². The third kappa shape index (κ3) is 4.74. The number of ether oxygens (including phenoxy) is 1. The number of carbonyl (C=O) groups excluding carboxylic acids is 3. The SMILES string of the molecule is C=CCCOC(=O)[C@@H]1[C@@H]2CC(C)C3(S2)C(C(=O)N(CC=C)Cn2nnc4ccccc42)N([C@@H](CO)[C@@H](C)CC)C(=O)[C@H]13. The molecule has 3 aliphatic rings. The average molecular weight is 596 g/mol. The molecule has 1 aromatic carbocycles. The summed E-state index contributed by atoms with van der Waals surface area (Å²) in [6.07, 6.45) is 5.29. The number of esters is 1. The van der Waals surface area contributed by atoms with Crippen molar-refractivity contribution in [3.63, 3.8) is 0 Å². The summed E-state index contributed by atoms with van der Waals surface area (Å²) in [6.45, 7) is 13.9. The first kappa shape index (κ1) is 30.3. The number of rotatable bonds is 13. The Hall–Kier alpha value is -3.18. The molecule has 42 heavy (non-hydrogen) atoms. The Kier molecular flexibility index (Phi) is 8.80. The highest BCUT2D eigenvalue weighted by Crippen LogP contribution is 2.69. The number of thioether (sulfide) groups is 1. The maximum absolute atomic E-state index is 14.8. The van der Waals surface area contributed by atoms with Crippen molar-refractivity contribution in [1.29, 1.82) is 0 Å². The minimum absolute atomic E-state index is 0.00770. The van der Waals surface area contributed by atoms with Gasteiger partial charge in [-0.3, -0.25) is 14.4 Å². The third-order valence-corrected chi connectivity index (χ3v) is 11.6. The summed E-state index contributed by atoms with van der Waals surface area (Å²) >= 11 is 1.60. The number of hydrogen-bond donors (Lipinski definition) is 1. The number of aromatic nitrogens is 3. The van der Waals surface area contributed by atoms with Crippen LogP contribution >= 0.6 is 11.8 Å². The predicted octanol–water partition coefficient (Wildman–Crippen LogP) is 3.27. The van der Waals surface area contributed by atoms with Crippen LogP contribution in [0, 0.1) is 23.7 Å². The Labute approximate surface area is 251 Å². The Morgan fingerprint density at radius 1 is 1.31 bits per heavy atom. The van der Waals surface area contributed by atoms with Crippen LogP contribution in [0.1, 0.15) is 40.0 Å². The molecular formula is C31H41N5O5S. The van der Waals surface area contributed by atoms with E-state index >= 15 is 0 Å². The van der Waals surface area contributed by atoms with Crippen molar-refractivity contribution in [3.8, 4) is 0 Å². The quantitative estimate of drug-likeness (QED) is 0.213. The summed E-state index contributed by atoms with van der Waals surface area (Å²) in [7, 11) is 0. The van der Waals surface area contributed by atoms with Crippen LogP contribution in [0.4, 0.5) is 0 Å². The van der Waals surface area contributed by atoms with E-state index in [0.29, 0.717) is 24.8 Å². The number of benzene rings is 1. The highest BCUT2D eigenvalue weighted by Gasteiger charge is 2.77. The zero-order chi connectivity index (χ0) is 30.2. The van der Waals surface area contributed by atoms with E-state index in [9.17, 15) is 19.5 Å². The van der Waals surface area contributed by atoms with Gasteiger partial charge in [0.05, 0.1) is 41.4 Å². The van der Waals surface area contributed by atoms with Gasteiger partial charge in [-0.1, -0.05) is 56.7 Å². The van der Waals surface area contributed by atoms with Crippen LogP contribution in [-0.2, 0) is 25.8 Å². The van der Waals surface area contributed by atoms with Gasteiger partial charge in [-0.2, -0.15) is 0 Å². The average Bonchev–Trinajstić information content (AvgIpc) is 3.70. The Morgan fingerprint density at radius 2 is 2.07 bits per heavy atom. The molecule has 226 valence electrons. The van der Waals surface area contributed by atoms with E-state index in [-0.39, 0.29) is 55.3 Å². The molecule has 5 rings (SSSR count). The number of aliphatic hydroxyl groups excluding tert-OH is 1. The Bertz CT molecular complexity index is 1360. The van der Waals surface area contributed by atoms with Gasteiger partial charge in [-0.25, -0.2) is 4.68 Å². The van der Waals surface area contributed by atoms with Gasteiger partial charge >= 0.3 is 5.97 Å². The Morgan fingerprint density at radius 3 is 2.76 bits per heavy atom. The summed E-state index contributed by atoms with van der Waals surface area (Å²) in [5, 5.41) is 19.0. The van der Waals surface area contributed by atoms with Crippen LogP contribution in [0.15, 0.2) is 49.6 Å². The van der Waals surface area contributed by atoms with E-state index in [1.54, 1.807) is 38.4 Å². The molecule has 3 saturated heterocycles. The predicted molar refractivity (Wildman–Crippen MR) is 161 cm³/mol. The molecular weight excluding hydrogens is 554 g/mol. The molecule has 1 spiro atoms. The molecule has 10 nitrogen and oxygen atoms in total. The van der Waals surface area contributed by atoms with Crippen molar-refractivity contribution in [3.05, 3.63) is 49.6 Å². The van der Waals surface area contributed by atoms with Crippen molar-refractivity contribution in [2.24, 2.45) is 23.7 Å². The van der Waals surface area contributed by atoms with Crippen molar-refractivity contribution >= 4 is 40.6 Å². The number of likely N-dealkylation sites (tertiary alicyclic amines) is 1. The fourth-order valence-corrected chi connectivity index (χ4v) is 9.64. The smallest absolute Gasteiger partial charge is 0.310 e. The van der Waals surface area contributed by atoms with Crippen molar-refractivity contribution < 1.29 is 24.2 Å². The fourth-order valence-electron chi connectivity index (χ4n) is 7.25. The van der Waals surface area contributed by atoms with Crippen molar-refractivity contribution in [2.45, 2.75) is 68.8 Å². The normalized spacial score (nSPS) is 29.4. The van der Waals surface area contributed by atoms with Crippen LogP contribution in [0.25, 0.3) is 11.0 Å². The molecule has 3 unspecified atom stereocenters. The highest BCUT2D eigenvalue weighted by molar-refractivity contribution is 8.02. The number of nitrogens with zero attached hydrogens (tertiary/aromatic N) is 5. The van der Waals surface area contributed by atoms with Gasteiger partial charge in [0.2, 0.25) is 11.8 Å². The first-order valence-electron chi connectivity index (χ1n) is 14.8. The number of aliphatic hydroxyl groups is 1. The molecule has 0 aliphatic carbocycles. The van der Waals surface area contributed by atoms with Gasteiger partial charge in [0, 0.05) is 11.8 Å². The summed E-state index contributed by atoms with van der Waals surface area (Å²) in [4.78, 5) is 46.1. The van der Waals surface area contributed by atoms with Crippen LogP contribution in [0.5, 0.6) is 0 Å². The molecule has 2 bridgehead atoms. The lowest BCUT2D eigenvalue weighted by atomic mass is 9.66. The second kappa shape index (κ2) is 12.2. The minimum Gasteiger partial charge on any atom is -0.465 e. The molecule has 4 heterocycles. The van der Waals surface area contributed by atoms with E-state index in [2.05, 4.69) is 30.4 Å². The van der Waals surface area contributed by atoms with Gasteiger partial charge in [-0.15, -0.1) is 30.0 Å². The molecule has 3 aliphatic heterocycles. The van der Waals surface area contributed by atoms with E-state index in [1.807, 2.05) is 38.1 Å². The van der Waals surface area contributed by atoms with E-state index in [1.165, 1.54) is 0 Å². The summed E-state index contributed by atoms with van der Waals surface area (Å²) in [5.41, 5.74) is 1.50. The molecule has 11 heteroatoms. The van der Waals surface area contributed by atoms with Gasteiger partial charge in [0.25, 0.3) is 0 Å². The maximum atomic E-state index is 14.8. The minimum atomic E-state index is -0.869. The van der Waals surface area contributed by atoms with Gasteiger partial charge in [0.1, 0.15) is 18.2 Å². The molecule has 2 amide bonds. The zero-order valence-electron chi connectivity index (χ0n) is 24.6. The van der Waals surface area contributed by atoms with Crippen LogP contribution in [0.2, 0.25) is 0 Å². The molecule has 0 saturated carbocycles. The highest BCUT2D eigenvalue weighted by atomic mass is 32.2. The number of amides is 2. The lowest BCUT2D eigenvalue weighted by Gasteiger charge is -2.43. The lowest BCUT2D eigenvalue weighted by molar-refractivity contribution is -0.155. The zero-order valence-corrected chi connectivity index (χ0v) is 25.4. The third-order valence-electron chi connectivity index (χ3n) is 9.49. The van der Waals surface area contributed by atoms with Crippen molar-refractivity contribution in [1.82, 2.24) is 24.8 Å². The molecule has 2 aromatic rings. The number of hydrogen-bond acceptors (Lipinski definition) is 8. The molecule has 1 aromatic heterocycles. The first-order chi connectivity index (χ1) is 20.2. The number of fused-ring (bicyclic) bond motifs is 2. The second-order valence-corrected chi connectivity index (χ2v) is 13.3. The largest absolute Gasteiger partial charge is 0.465 e. The van der Waals surface area contributed by atoms with E-state index in [0.717, 1.165) is 5.52 Å². The van der Waals surface area contributed by atoms with E-state index < -0.39 is 34.6 Å². The van der Waals surface area contributed by atoms with Crippen LogP contribution in [-0.4, -0.2) is 89.5 Å². The maximum Gasteiger partial charge on any atom is 0.310 e. The number of para-hydroxylation sites is 1. The van der Waals surface area contributed by atoms with E-state index in [4.69, 9.17) is 4.74 Å². The van der Waals surface area contributed by atoms with Crippen LogP contribution in [0.3, 0.4) is 0 Å². The second-order valence-electron chi connectivity index (χ2n) is 11.7. The topological polar surface area (TPSA) is 118 Å². The monoisotopic (exact) mass is 595 g/mol. The van der Waals surface area contributed by atoms with Gasteiger partial charge in [0.15, 0.2) is 0 Å². The summed E-state index contributed by atoms with van der Waals surface area (Å²) in [6, 6.07) is 6.10. The van der Waals surface area contributed by atoms with Gasteiger partial charge in [-0.05, 0) is 36.8 Å².